The van der Waals surface area contributed by atoms with Crippen LogP contribution in [-0.4, -0.2) is 19.7 Å². The van der Waals surface area contributed by atoms with Crippen LogP contribution in [0.5, 0.6) is 0 Å². The number of hydrogen-bond donors (Lipinski definition) is 1. The van der Waals surface area contributed by atoms with Crippen LogP contribution in [-0.2, 0) is 10.0 Å². The first-order valence-electron chi connectivity index (χ1n) is 3.38. The Morgan fingerprint density at radius 2 is 2.17 bits per heavy atom. The number of sulfonamides is 1. The number of aromatic nitrogens is 1. The van der Waals surface area contributed by atoms with E-state index in [1.807, 2.05) is 0 Å². The zero-order chi connectivity index (χ0) is 9.19. The molecule has 0 amide bonds. The molecule has 66 valence electrons. The molecule has 0 radical (unpaired) electrons. The highest BCUT2D eigenvalue weighted by atomic mass is 32.2. The molecule has 1 N–H and O–H groups in total. The topological polar surface area (TPSA) is 59.1 Å². The molecular formula is C7H10N2O2S. The van der Waals surface area contributed by atoms with Gasteiger partial charge in [0.05, 0.1) is 11.9 Å². The molecule has 0 fully saturated rings. The lowest BCUT2D eigenvalue weighted by Gasteiger charge is -2.02. The summed E-state index contributed by atoms with van der Waals surface area (Å²) in [6, 6.07) is 3.27. The summed E-state index contributed by atoms with van der Waals surface area (Å²) >= 11 is 0. The minimum absolute atomic E-state index is 0.546. The lowest BCUT2D eigenvalue weighted by molar-refractivity contribution is 0.607. The van der Waals surface area contributed by atoms with Crippen LogP contribution in [0.15, 0.2) is 18.3 Å². The van der Waals surface area contributed by atoms with E-state index in [1.165, 1.54) is 0 Å². The molecule has 1 rings (SSSR count). The highest BCUT2D eigenvalue weighted by Crippen LogP contribution is 2.07. The number of hydrogen-bond acceptors (Lipinski definition) is 3. The molecule has 0 spiro atoms. The van der Waals surface area contributed by atoms with Crippen LogP contribution >= 0.6 is 0 Å². The molecular weight excluding hydrogens is 176 g/mol. The maximum atomic E-state index is 10.8. The summed E-state index contributed by atoms with van der Waals surface area (Å²) in [6.07, 6.45) is 2.67. The normalized spacial score (nSPS) is 11.2. The van der Waals surface area contributed by atoms with Crippen LogP contribution in [0.1, 0.15) is 5.69 Å². The summed E-state index contributed by atoms with van der Waals surface area (Å²) in [5, 5.41) is 0. The van der Waals surface area contributed by atoms with Gasteiger partial charge >= 0.3 is 0 Å². The number of nitrogens with one attached hydrogen (secondary N) is 1. The van der Waals surface area contributed by atoms with E-state index in [0.29, 0.717) is 5.69 Å². The number of rotatable bonds is 2. The van der Waals surface area contributed by atoms with Gasteiger partial charge in [0.25, 0.3) is 0 Å². The largest absolute Gasteiger partial charge is 0.284 e. The number of anilines is 1. The van der Waals surface area contributed by atoms with E-state index in [9.17, 15) is 8.42 Å². The van der Waals surface area contributed by atoms with Gasteiger partial charge in [-0.05, 0) is 19.1 Å². The first-order chi connectivity index (χ1) is 5.47. The molecule has 0 saturated carbocycles. The van der Waals surface area contributed by atoms with Crippen molar-refractivity contribution in [2.45, 2.75) is 6.92 Å². The predicted molar refractivity (Wildman–Crippen MR) is 47.4 cm³/mol. The molecule has 0 atom stereocenters. The Labute approximate surface area is 71.7 Å². The van der Waals surface area contributed by atoms with Gasteiger partial charge in [-0.25, -0.2) is 8.42 Å². The van der Waals surface area contributed by atoms with Crippen LogP contribution < -0.4 is 4.72 Å². The van der Waals surface area contributed by atoms with Gasteiger partial charge in [-0.15, -0.1) is 0 Å². The van der Waals surface area contributed by atoms with Crippen molar-refractivity contribution in [3.05, 3.63) is 24.0 Å². The van der Waals surface area contributed by atoms with Crippen LogP contribution in [0, 0.1) is 6.92 Å². The van der Waals surface area contributed by atoms with Crippen molar-refractivity contribution in [3.63, 3.8) is 0 Å². The van der Waals surface area contributed by atoms with Crippen LogP contribution in [0.2, 0.25) is 0 Å². The summed E-state index contributed by atoms with van der Waals surface area (Å²) in [4.78, 5) is 3.94. The third kappa shape index (κ3) is 2.87. The van der Waals surface area contributed by atoms with Crippen LogP contribution in [0.3, 0.4) is 0 Å². The maximum absolute atomic E-state index is 10.8. The van der Waals surface area contributed by atoms with Crippen molar-refractivity contribution in [3.8, 4) is 0 Å². The van der Waals surface area contributed by atoms with Crippen LogP contribution in [0.4, 0.5) is 5.69 Å². The second-order valence-corrected chi connectivity index (χ2v) is 4.31. The third-order valence-electron chi connectivity index (χ3n) is 1.20. The third-order valence-corrected chi connectivity index (χ3v) is 1.81. The zero-order valence-corrected chi connectivity index (χ0v) is 7.72. The molecule has 0 aliphatic carbocycles. The quantitative estimate of drug-likeness (QED) is 0.741. The second kappa shape index (κ2) is 3.10. The van der Waals surface area contributed by atoms with Crippen molar-refractivity contribution < 1.29 is 8.42 Å². The summed E-state index contributed by atoms with van der Waals surface area (Å²) in [6.45, 7) is 1.80. The van der Waals surface area contributed by atoms with E-state index in [4.69, 9.17) is 0 Å². The first kappa shape index (κ1) is 8.99. The van der Waals surface area contributed by atoms with Gasteiger partial charge in [0.2, 0.25) is 10.0 Å². The van der Waals surface area contributed by atoms with Gasteiger partial charge in [0.1, 0.15) is 0 Å². The van der Waals surface area contributed by atoms with Crippen molar-refractivity contribution in [1.29, 1.82) is 0 Å². The predicted octanol–water partition coefficient (Wildman–Crippen LogP) is 0.762. The fraction of sp³-hybridized carbons (Fsp3) is 0.286. The molecule has 5 heteroatoms. The van der Waals surface area contributed by atoms with Gasteiger partial charge < -0.3 is 0 Å². The molecule has 4 nitrogen and oxygen atoms in total. The van der Waals surface area contributed by atoms with E-state index in [1.54, 1.807) is 25.3 Å². The van der Waals surface area contributed by atoms with Crippen molar-refractivity contribution in [2.75, 3.05) is 11.0 Å². The van der Waals surface area contributed by atoms with E-state index in [0.717, 1.165) is 11.9 Å². The Hall–Kier alpha value is -1.10. The summed E-state index contributed by atoms with van der Waals surface area (Å²) in [7, 11) is -3.17. The Bertz CT molecular complexity index is 373. The minimum atomic E-state index is -3.17. The number of aryl methyl sites for hydroxylation is 1. The van der Waals surface area contributed by atoms with Crippen molar-refractivity contribution in [1.82, 2.24) is 4.98 Å². The van der Waals surface area contributed by atoms with Gasteiger partial charge in [-0.1, -0.05) is 0 Å². The smallest absolute Gasteiger partial charge is 0.229 e. The molecule has 0 unspecified atom stereocenters. The highest BCUT2D eigenvalue weighted by Gasteiger charge is 2.00. The average molecular weight is 186 g/mol. The SMILES string of the molecule is Cc1cc(NS(C)(=O)=O)ccn1. The Morgan fingerprint density at radius 3 is 2.67 bits per heavy atom. The van der Waals surface area contributed by atoms with Crippen molar-refractivity contribution >= 4 is 15.7 Å². The monoisotopic (exact) mass is 186 g/mol. The van der Waals surface area contributed by atoms with E-state index in [2.05, 4.69) is 9.71 Å². The summed E-state index contributed by atoms with van der Waals surface area (Å²) in [5.74, 6) is 0. The number of pyridine rings is 1. The molecule has 0 saturated heterocycles. The highest BCUT2D eigenvalue weighted by molar-refractivity contribution is 7.92. The molecule has 0 aliphatic rings. The Morgan fingerprint density at radius 1 is 1.50 bits per heavy atom. The molecule has 1 heterocycles. The van der Waals surface area contributed by atoms with Crippen molar-refractivity contribution in [2.24, 2.45) is 0 Å². The molecule has 1 aromatic rings. The lowest BCUT2D eigenvalue weighted by Crippen LogP contribution is -2.09. The summed E-state index contributed by atoms with van der Waals surface area (Å²) in [5.41, 5.74) is 1.33. The molecule has 12 heavy (non-hydrogen) atoms. The average Bonchev–Trinajstić information content (AvgIpc) is 1.82. The molecule has 0 aliphatic heterocycles. The van der Waals surface area contributed by atoms with Gasteiger partial charge in [0.15, 0.2) is 0 Å². The fourth-order valence-electron chi connectivity index (χ4n) is 0.823. The Kier molecular flexibility index (Phi) is 2.32. The van der Waals surface area contributed by atoms with Gasteiger partial charge in [-0.3, -0.25) is 9.71 Å². The van der Waals surface area contributed by atoms with E-state index >= 15 is 0 Å². The number of nitrogens with zero attached hydrogens (tertiary/aromatic N) is 1. The van der Waals surface area contributed by atoms with Gasteiger partial charge in [0, 0.05) is 11.9 Å². The second-order valence-electron chi connectivity index (χ2n) is 2.56. The molecule has 0 bridgehead atoms. The molecule has 0 aromatic carbocycles. The zero-order valence-electron chi connectivity index (χ0n) is 6.90. The summed E-state index contributed by atoms with van der Waals surface area (Å²) < 4.78 is 23.9. The van der Waals surface area contributed by atoms with Crippen LogP contribution in [0.25, 0.3) is 0 Å². The lowest BCUT2D eigenvalue weighted by atomic mass is 10.3. The Balaban J connectivity index is 2.91. The van der Waals surface area contributed by atoms with Gasteiger partial charge in [-0.2, -0.15) is 0 Å². The molecule has 1 aromatic heterocycles. The van der Waals surface area contributed by atoms with E-state index in [-0.39, 0.29) is 0 Å². The minimum Gasteiger partial charge on any atom is -0.284 e. The standard InChI is InChI=1S/C7H10N2O2S/c1-6-5-7(3-4-8-6)9-12(2,10)11/h3-5H,1-2H3,(H,8,9). The van der Waals surface area contributed by atoms with E-state index < -0.39 is 10.0 Å². The first-order valence-corrected chi connectivity index (χ1v) is 5.27. The maximum Gasteiger partial charge on any atom is 0.229 e. The fourth-order valence-corrected chi connectivity index (χ4v) is 1.38.